The second-order valence-corrected chi connectivity index (χ2v) is 5.50. The molecule has 2 atom stereocenters. The molecule has 0 bridgehead atoms. The molecule has 2 aromatic rings. The summed E-state index contributed by atoms with van der Waals surface area (Å²) >= 11 is 0. The van der Waals surface area contributed by atoms with Gasteiger partial charge in [-0.1, -0.05) is 12.1 Å². The van der Waals surface area contributed by atoms with Crippen LogP contribution in [0, 0.1) is 0 Å². The molecule has 0 aliphatic carbocycles. The highest BCUT2D eigenvalue weighted by atomic mass is 16.5. The van der Waals surface area contributed by atoms with Crippen molar-refractivity contribution < 1.29 is 14.3 Å². The van der Waals surface area contributed by atoms with Crippen LogP contribution in [-0.4, -0.2) is 41.4 Å². The Bertz CT molecular complexity index is 611. The molecule has 1 aromatic heterocycles. The summed E-state index contributed by atoms with van der Waals surface area (Å²) in [5.41, 5.74) is 2.07. The van der Waals surface area contributed by atoms with Crippen LogP contribution in [0.1, 0.15) is 32.4 Å². The maximum absolute atomic E-state index is 12.2. The number of aromatic nitrogens is 2. The molecular weight excluding hydrogens is 306 g/mol. The van der Waals surface area contributed by atoms with E-state index in [0.29, 0.717) is 19.8 Å². The van der Waals surface area contributed by atoms with Crippen LogP contribution in [0.5, 0.6) is 0 Å². The van der Waals surface area contributed by atoms with E-state index in [1.54, 1.807) is 19.4 Å². The van der Waals surface area contributed by atoms with Gasteiger partial charge < -0.3 is 19.4 Å². The number of nitrogens with one attached hydrogen (secondary N) is 1. The first kappa shape index (κ1) is 18.2. The number of amides is 1. The minimum Gasteiger partial charge on any atom is -0.379 e. The van der Waals surface area contributed by atoms with E-state index in [0.717, 1.165) is 11.3 Å². The molecule has 0 fully saturated rings. The number of hydrogen-bond donors (Lipinski definition) is 1. The first-order chi connectivity index (χ1) is 11.6. The maximum atomic E-state index is 12.2. The van der Waals surface area contributed by atoms with Crippen molar-refractivity contribution in [2.75, 3.05) is 19.8 Å². The summed E-state index contributed by atoms with van der Waals surface area (Å²) in [6, 6.07) is 7.91. The number of nitrogens with zero attached hydrogens (tertiary/aromatic N) is 2. The van der Waals surface area contributed by atoms with Gasteiger partial charge in [0.1, 0.15) is 6.10 Å². The van der Waals surface area contributed by atoms with Crippen LogP contribution in [-0.2, 0) is 14.3 Å². The van der Waals surface area contributed by atoms with Gasteiger partial charge in [0.05, 0.1) is 25.6 Å². The Morgan fingerprint density at radius 1 is 1.25 bits per heavy atom. The van der Waals surface area contributed by atoms with Crippen molar-refractivity contribution in [3.8, 4) is 5.69 Å². The molecule has 1 amide bonds. The number of benzene rings is 1. The van der Waals surface area contributed by atoms with E-state index < -0.39 is 6.10 Å². The van der Waals surface area contributed by atoms with Crippen molar-refractivity contribution >= 4 is 5.91 Å². The third kappa shape index (κ3) is 5.18. The summed E-state index contributed by atoms with van der Waals surface area (Å²) < 4.78 is 12.6. The fourth-order valence-corrected chi connectivity index (χ4v) is 2.26. The number of rotatable bonds is 9. The fourth-order valence-electron chi connectivity index (χ4n) is 2.26. The average Bonchev–Trinajstić information content (AvgIpc) is 3.13. The molecular formula is C18H25N3O3. The van der Waals surface area contributed by atoms with Crippen molar-refractivity contribution in [3.05, 3.63) is 48.5 Å². The molecule has 0 spiro atoms. The molecule has 6 nitrogen and oxygen atoms in total. The molecule has 2 rings (SSSR count). The van der Waals surface area contributed by atoms with Gasteiger partial charge in [-0.05, 0) is 38.5 Å². The first-order valence-electron chi connectivity index (χ1n) is 8.19. The molecule has 0 aliphatic rings. The van der Waals surface area contributed by atoms with Crippen LogP contribution in [0.4, 0.5) is 0 Å². The number of imidazole rings is 1. The van der Waals surface area contributed by atoms with E-state index >= 15 is 0 Å². The van der Waals surface area contributed by atoms with Crippen molar-refractivity contribution in [2.24, 2.45) is 0 Å². The lowest BCUT2D eigenvalue weighted by Crippen LogP contribution is -2.36. The van der Waals surface area contributed by atoms with Gasteiger partial charge in [-0.3, -0.25) is 4.79 Å². The zero-order valence-electron chi connectivity index (χ0n) is 14.4. The van der Waals surface area contributed by atoms with Crippen LogP contribution in [0.3, 0.4) is 0 Å². The van der Waals surface area contributed by atoms with Crippen LogP contribution >= 0.6 is 0 Å². The summed E-state index contributed by atoms with van der Waals surface area (Å²) in [6.07, 6.45) is 4.88. The lowest BCUT2D eigenvalue weighted by Gasteiger charge is -2.18. The third-order valence-electron chi connectivity index (χ3n) is 3.72. The molecule has 0 aliphatic heterocycles. The van der Waals surface area contributed by atoms with Crippen molar-refractivity contribution in [1.29, 1.82) is 0 Å². The molecule has 1 N–H and O–H groups in total. The highest BCUT2D eigenvalue weighted by Crippen LogP contribution is 2.16. The normalized spacial score (nSPS) is 13.5. The zero-order valence-corrected chi connectivity index (χ0v) is 14.4. The SMILES string of the molecule is CCOCCO[C@@H](C)C(=O)N[C@H](C)c1ccc(-n2ccnc2)cc1. The Hall–Kier alpha value is -2.18. The van der Waals surface area contributed by atoms with Gasteiger partial charge in [-0.15, -0.1) is 0 Å². The van der Waals surface area contributed by atoms with Gasteiger partial charge in [0.15, 0.2) is 0 Å². The van der Waals surface area contributed by atoms with E-state index in [2.05, 4.69) is 10.3 Å². The number of ether oxygens (including phenoxy) is 2. The summed E-state index contributed by atoms with van der Waals surface area (Å²) in [6.45, 7) is 7.19. The van der Waals surface area contributed by atoms with Crippen LogP contribution in [0.2, 0.25) is 0 Å². The molecule has 24 heavy (non-hydrogen) atoms. The molecule has 6 heteroatoms. The van der Waals surface area contributed by atoms with Gasteiger partial charge in [0.25, 0.3) is 0 Å². The van der Waals surface area contributed by atoms with E-state index in [1.807, 2.05) is 48.9 Å². The maximum Gasteiger partial charge on any atom is 0.249 e. The fraction of sp³-hybridized carbons (Fsp3) is 0.444. The lowest BCUT2D eigenvalue weighted by molar-refractivity contribution is -0.133. The predicted octanol–water partition coefficient (Wildman–Crippen LogP) is 2.49. The predicted molar refractivity (Wildman–Crippen MR) is 92.0 cm³/mol. The minimum absolute atomic E-state index is 0.0905. The Morgan fingerprint density at radius 2 is 2.00 bits per heavy atom. The van der Waals surface area contributed by atoms with Crippen molar-refractivity contribution in [2.45, 2.75) is 32.9 Å². The zero-order chi connectivity index (χ0) is 17.4. The molecule has 0 saturated heterocycles. The standard InChI is InChI=1S/C18H25N3O3/c1-4-23-11-12-24-15(3)18(22)20-14(2)16-5-7-17(8-6-16)21-10-9-19-13-21/h5-10,13-15H,4,11-12H2,1-3H3,(H,20,22)/t14-,15+/m1/s1. The largest absolute Gasteiger partial charge is 0.379 e. The second-order valence-electron chi connectivity index (χ2n) is 5.50. The van der Waals surface area contributed by atoms with Gasteiger partial charge >= 0.3 is 0 Å². The number of carbonyl (C=O) groups excluding carboxylic acids is 1. The molecule has 0 unspecified atom stereocenters. The summed E-state index contributed by atoms with van der Waals surface area (Å²) in [7, 11) is 0. The highest BCUT2D eigenvalue weighted by Gasteiger charge is 2.16. The lowest BCUT2D eigenvalue weighted by atomic mass is 10.1. The monoisotopic (exact) mass is 331 g/mol. The Labute approximate surface area is 142 Å². The summed E-state index contributed by atoms with van der Waals surface area (Å²) in [5.74, 6) is -0.127. The highest BCUT2D eigenvalue weighted by molar-refractivity contribution is 5.80. The number of hydrogen-bond acceptors (Lipinski definition) is 4. The van der Waals surface area contributed by atoms with Crippen LogP contribution in [0.25, 0.3) is 5.69 Å². The quantitative estimate of drug-likeness (QED) is 0.717. The smallest absolute Gasteiger partial charge is 0.249 e. The van der Waals surface area contributed by atoms with E-state index in [1.165, 1.54) is 0 Å². The minimum atomic E-state index is -0.502. The Balaban J connectivity index is 1.85. The summed E-state index contributed by atoms with van der Waals surface area (Å²) in [4.78, 5) is 16.2. The van der Waals surface area contributed by atoms with E-state index in [-0.39, 0.29) is 11.9 Å². The topological polar surface area (TPSA) is 65.4 Å². The summed E-state index contributed by atoms with van der Waals surface area (Å²) in [5, 5.41) is 2.97. The van der Waals surface area contributed by atoms with Crippen molar-refractivity contribution in [1.82, 2.24) is 14.9 Å². The van der Waals surface area contributed by atoms with Gasteiger partial charge in [-0.2, -0.15) is 0 Å². The molecule has 1 aromatic carbocycles. The average molecular weight is 331 g/mol. The molecule has 1 heterocycles. The van der Waals surface area contributed by atoms with Crippen molar-refractivity contribution in [3.63, 3.8) is 0 Å². The van der Waals surface area contributed by atoms with Gasteiger partial charge in [0, 0.05) is 24.7 Å². The molecule has 0 saturated carbocycles. The first-order valence-corrected chi connectivity index (χ1v) is 8.19. The molecule has 130 valence electrons. The van der Waals surface area contributed by atoms with E-state index in [4.69, 9.17) is 9.47 Å². The molecule has 0 radical (unpaired) electrons. The number of carbonyl (C=O) groups is 1. The van der Waals surface area contributed by atoms with Crippen LogP contribution in [0.15, 0.2) is 43.0 Å². The second kappa shape index (κ2) is 9.20. The Morgan fingerprint density at radius 3 is 2.62 bits per heavy atom. The Kier molecular flexibility index (Phi) is 6.96. The van der Waals surface area contributed by atoms with Gasteiger partial charge in [-0.25, -0.2) is 4.98 Å². The van der Waals surface area contributed by atoms with Gasteiger partial charge in [0.2, 0.25) is 5.91 Å². The van der Waals surface area contributed by atoms with Crippen LogP contribution < -0.4 is 5.32 Å². The van der Waals surface area contributed by atoms with E-state index in [9.17, 15) is 4.79 Å². The third-order valence-corrected chi connectivity index (χ3v) is 3.72.